The molecule has 0 saturated carbocycles. The molecule has 0 spiro atoms. The van der Waals surface area contributed by atoms with Gasteiger partial charge in [0.2, 0.25) is 0 Å². The standard InChI is InChI=1S/C43H37N3O2/c1-3-11-26(12-4-1)30-22-23-33(39-32-16-8-10-18-36(32)48-40(30)39)43-45-41(28-13-5-2-6-14-28)44-42(46-43)29-20-19-27-21-24-37-38(34(27)25-29)31-15-7-9-17-35(31)47-37/h3,5,8,10-22,24,29,33,37-38H,1-2,4,6-7,9,23,25H2. The Hall–Kier alpha value is -5.03. The fourth-order valence-electron chi connectivity index (χ4n) is 8.58. The predicted molar refractivity (Wildman–Crippen MR) is 190 cm³/mol. The highest BCUT2D eigenvalue weighted by Crippen LogP contribution is 2.50. The lowest BCUT2D eigenvalue weighted by molar-refractivity contribution is 0.179. The summed E-state index contributed by atoms with van der Waals surface area (Å²) in [6.07, 6.45) is 37.7. The first-order chi connectivity index (χ1) is 23.8. The predicted octanol–water partition coefficient (Wildman–Crippen LogP) is 10.1. The highest BCUT2D eigenvalue weighted by molar-refractivity contribution is 5.93. The minimum absolute atomic E-state index is 0.0399. The first-order valence-corrected chi connectivity index (χ1v) is 17.7. The van der Waals surface area contributed by atoms with Crippen LogP contribution in [0, 0.1) is 5.92 Å². The van der Waals surface area contributed by atoms with Gasteiger partial charge in [0.25, 0.3) is 0 Å². The van der Waals surface area contributed by atoms with Gasteiger partial charge in [0.15, 0.2) is 5.82 Å². The molecule has 7 aliphatic rings. The zero-order valence-corrected chi connectivity index (χ0v) is 26.9. The Morgan fingerprint density at radius 2 is 1.50 bits per heavy atom. The smallest absolute Gasteiger partial charge is 0.163 e. The molecule has 5 nitrogen and oxygen atoms in total. The van der Waals surface area contributed by atoms with Gasteiger partial charge in [0, 0.05) is 39.5 Å². The largest absolute Gasteiger partial charge is 0.485 e. The number of benzene rings is 1. The van der Waals surface area contributed by atoms with Crippen molar-refractivity contribution in [2.45, 2.75) is 69.3 Å². The topological polar surface area (TPSA) is 61.0 Å². The van der Waals surface area contributed by atoms with E-state index in [2.05, 4.69) is 103 Å². The SMILES string of the molecule is C1=CC(C2=CCC(c3nc(C4=CCCC=C4)nc(C4C=CC5=C(C4)C4C6=CCCC=C6OC4C=C5)n3)c3c2oc2ccccc32)=CCC1. The Balaban J connectivity index is 1.08. The maximum atomic E-state index is 6.66. The van der Waals surface area contributed by atoms with Crippen LogP contribution in [0.15, 0.2) is 136 Å². The average Bonchev–Trinajstić information content (AvgIpc) is 3.74. The third-order valence-electron chi connectivity index (χ3n) is 10.9. The van der Waals surface area contributed by atoms with E-state index in [1.54, 1.807) is 0 Å². The van der Waals surface area contributed by atoms with Gasteiger partial charge >= 0.3 is 0 Å². The van der Waals surface area contributed by atoms with E-state index in [4.69, 9.17) is 24.1 Å². The van der Waals surface area contributed by atoms with E-state index in [0.717, 1.165) is 96.9 Å². The van der Waals surface area contributed by atoms with Crippen LogP contribution in [0.25, 0.3) is 22.1 Å². The van der Waals surface area contributed by atoms with Crippen molar-refractivity contribution < 1.29 is 9.15 Å². The molecule has 10 rings (SSSR count). The van der Waals surface area contributed by atoms with Crippen LogP contribution in [0.2, 0.25) is 0 Å². The normalized spacial score (nSPS) is 26.9. The minimum Gasteiger partial charge on any atom is -0.485 e. The van der Waals surface area contributed by atoms with Crippen molar-refractivity contribution >= 4 is 22.1 Å². The van der Waals surface area contributed by atoms with Crippen LogP contribution < -0.4 is 0 Å². The van der Waals surface area contributed by atoms with Gasteiger partial charge in [-0.15, -0.1) is 0 Å². The van der Waals surface area contributed by atoms with Crippen LogP contribution in [-0.2, 0) is 4.74 Å². The van der Waals surface area contributed by atoms with Gasteiger partial charge in [0.1, 0.15) is 34.9 Å². The van der Waals surface area contributed by atoms with Crippen LogP contribution in [0.5, 0.6) is 0 Å². The van der Waals surface area contributed by atoms with Gasteiger partial charge < -0.3 is 9.15 Å². The Bertz CT molecular complexity index is 2190. The van der Waals surface area contributed by atoms with Gasteiger partial charge in [-0.3, -0.25) is 0 Å². The summed E-state index contributed by atoms with van der Waals surface area (Å²) < 4.78 is 13.1. The summed E-state index contributed by atoms with van der Waals surface area (Å²) >= 11 is 0. The van der Waals surface area contributed by atoms with Crippen molar-refractivity contribution in [3.05, 3.63) is 160 Å². The third-order valence-corrected chi connectivity index (χ3v) is 10.9. The average molecular weight is 628 g/mol. The number of para-hydroxylation sites is 1. The number of furan rings is 1. The lowest BCUT2D eigenvalue weighted by Gasteiger charge is -2.30. The number of fused-ring (bicyclic) bond motifs is 7. The molecule has 1 saturated heterocycles. The molecule has 48 heavy (non-hydrogen) atoms. The molecule has 0 amide bonds. The van der Waals surface area contributed by atoms with Crippen molar-refractivity contribution in [1.29, 1.82) is 0 Å². The van der Waals surface area contributed by atoms with Gasteiger partial charge in [-0.05, 0) is 80.7 Å². The van der Waals surface area contributed by atoms with Crippen LogP contribution in [0.1, 0.15) is 92.0 Å². The molecule has 3 aromatic rings. The highest BCUT2D eigenvalue weighted by atomic mass is 16.5. The van der Waals surface area contributed by atoms with Crippen LogP contribution >= 0.6 is 0 Å². The minimum atomic E-state index is -0.0399. The number of rotatable bonds is 4. The molecule has 0 radical (unpaired) electrons. The third kappa shape index (κ3) is 4.55. The number of hydrogen-bond donors (Lipinski definition) is 0. The van der Waals surface area contributed by atoms with Crippen molar-refractivity contribution in [3.8, 4) is 0 Å². The quantitative estimate of drug-likeness (QED) is 0.288. The first-order valence-electron chi connectivity index (χ1n) is 17.7. The van der Waals surface area contributed by atoms with Crippen molar-refractivity contribution in [2.75, 3.05) is 0 Å². The maximum Gasteiger partial charge on any atom is 0.163 e. The number of allylic oxidation sites excluding steroid dienone is 17. The van der Waals surface area contributed by atoms with Crippen LogP contribution in [0.3, 0.4) is 0 Å². The van der Waals surface area contributed by atoms with E-state index in [1.807, 2.05) is 0 Å². The zero-order chi connectivity index (χ0) is 31.6. The number of ether oxygens (including phenoxy) is 1. The maximum absolute atomic E-state index is 6.66. The summed E-state index contributed by atoms with van der Waals surface area (Å²) in [5.41, 5.74) is 9.71. The molecular weight excluding hydrogens is 590 g/mol. The van der Waals surface area contributed by atoms with Crippen LogP contribution in [0.4, 0.5) is 0 Å². The Kier molecular flexibility index (Phi) is 6.60. The molecule has 1 aromatic carbocycles. The van der Waals surface area contributed by atoms with E-state index in [0.29, 0.717) is 0 Å². The fourth-order valence-corrected chi connectivity index (χ4v) is 8.58. The number of nitrogens with zero attached hydrogens (tertiary/aromatic N) is 3. The van der Waals surface area contributed by atoms with Gasteiger partial charge in [-0.2, -0.15) is 0 Å². The van der Waals surface area contributed by atoms with E-state index in [-0.39, 0.29) is 23.9 Å². The zero-order valence-electron chi connectivity index (χ0n) is 26.9. The molecule has 1 fully saturated rings. The molecular formula is C43H37N3O2. The van der Waals surface area contributed by atoms with E-state index >= 15 is 0 Å². The fraction of sp³-hybridized carbons (Fsp3) is 0.279. The van der Waals surface area contributed by atoms with Crippen molar-refractivity contribution in [3.63, 3.8) is 0 Å². The summed E-state index contributed by atoms with van der Waals surface area (Å²) in [6.45, 7) is 0. The molecule has 4 atom stereocenters. The number of hydrogen-bond acceptors (Lipinski definition) is 5. The van der Waals surface area contributed by atoms with Crippen molar-refractivity contribution in [1.82, 2.24) is 15.0 Å². The lowest BCUT2D eigenvalue weighted by Crippen LogP contribution is -2.24. The molecule has 0 bridgehead atoms. The summed E-state index contributed by atoms with van der Waals surface area (Å²) in [7, 11) is 0. The molecule has 1 aliphatic heterocycles. The van der Waals surface area contributed by atoms with E-state index in [9.17, 15) is 0 Å². The van der Waals surface area contributed by atoms with Crippen LogP contribution in [-0.4, -0.2) is 21.1 Å². The molecule has 5 heteroatoms. The summed E-state index contributed by atoms with van der Waals surface area (Å²) in [5.74, 6) is 4.74. The molecule has 4 unspecified atom stereocenters. The van der Waals surface area contributed by atoms with Gasteiger partial charge in [0.05, 0.1) is 5.92 Å². The molecule has 2 aromatic heterocycles. The molecule has 6 aliphatic carbocycles. The Labute approximate surface area is 280 Å². The van der Waals surface area contributed by atoms with Gasteiger partial charge in [-0.25, -0.2) is 15.0 Å². The summed E-state index contributed by atoms with van der Waals surface area (Å²) in [5, 5.41) is 1.14. The number of aromatic nitrogens is 3. The highest BCUT2D eigenvalue weighted by Gasteiger charge is 2.42. The second-order valence-electron chi connectivity index (χ2n) is 13.8. The monoisotopic (exact) mass is 627 g/mol. The summed E-state index contributed by atoms with van der Waals surface area (Å²) in [4.78, 5) is 15.9. The Morgan fingerprint density at radius 1 is 0.708 bits per heavy atom. The van der Waals surface area contributed by atoms with E-state index < -0.39 is 0 Å². The van der Waals surface area contributed by atoms with E-state index in [1.165, 1.54) is 33.4 Å². The van der Waals surface area contributed by atoms with Gasteiger partial charge in [-0.1, -0.05) is 90.6 Å². The summed E-state index contributed by atoms with van der Waals surface area (Å²) in [6, 6.07) is 8.42. The second kappa shape index (κ2) is 11.3. The Morgan fingerprint density at radius 3 is 2.38 bits per heavy atom. The molecule has 236 valence electrons. The molecule has 0 N–H and O–H groups in total. The first kappa shape index (κ1) is 28.0. The lowest BCUT2D eigenvalue weighted by atomic mass is 9.74. The molecule has 3 heterocycles. The van der Waals surface area contributed by atoms with Crippen molar-refractivity contribution in [2.24, 2.45) is 5.92 Å². The second-order valence-corrected chi connectivity index (χ2v) is 13.8.